The highest BCUT2D eigenvalue weighted by Gasteiger charge is 2.10. The molecule has 2 heterocycles. The number of ether oxygens (including phenoxy) is 1. The largest absolute Gasteiger partial charge is 0.478 e. The number of benzene rings is 1. The van der Waals surface area contributed by atoms with Crippen molar-refractivity contribution in [2.45, 2.75) is 26.2 Å². The predicted molar refractivity (Wildman–Crippen MR) is 100 cm³/mol. The molecule has 0 atom stereocenters. The molecule has 0 aliphatic rings. The van der Waals surface area contributed by atoms with Crippen LogP contribution in [0.4, 0.5) is 19.6 Å². The van der Waals surface area contributed by atoms with Crippen molar-refractivity contribution in [1.82, 2.24) is 9.97 Å². The van der Waals surface area contributed by atoms with Crippen molar-refractivity contribution in [3.8, 4) is 17.1 Å². The number of aromatic nitrogens is 2. The molecule has 7 heteroatoms. The van der Waals surface area contributed by atoms with E-state index in [0.717, 1.165) is 31.0 Å². The summed E-state index contributed by atoms with van der Waals surface area (Å²) in [5, 5.41) is 5.44. The second-order valence-electron chi connectivity index (χ2n) is 5.73. The first-order valence-electron chi connectivity index (χ1n) is 8.42. The number of unbranched alkanes of at least 4 members (excludes halogenated alkanes) is 2. The average Bonchev–Trinajstić information content (AvgIpc) is 3.08. The molecule has 3 rings (SSSR count). The number of halogens is 2. The first kappa shape index (κ1) is 18.3. The van der Waals surface area contributed by atoms with Crippen molar-refractivity contribution in [2.75, 3.05) is 11.9 Å². The molecule has 0 aliphatic carbocycles. The molecule has 0 fully saturated rings. The molecule has 0 radical (unpaired) electrons. The Morgan fingerprint density at radius 3 is 2.77 bits per heavy atom. The molecule has 4 nitrogen and oxygen atoms in total. The quantitative estimate of drug-likeness (QED) is 0.506. The lowest BCUT2D eigenvalue weighted by Crippen LogP contribution is -1.99. The van der Waals surface area contributed by atoms with Crippen LogP contribution in [0.25, 0.3) is 11.3 Å². The van der Waals surface area contributed by atoms with Crippen molar-refractivity contribution in [3.05, 3.63) is 53.5 Å². The van der Waals surface area contributed by atoms with Crippen molar-refractivity contribution < 1.29 is 13.5 Å². The summed E-state index contributed by atoms with van der Waals surface area (Å²) in [6.07, 6.45) is 4.96. The van der Waals surface area contributed by atoms with Gasteiger partial charge in [-0.15, -0.1) is 11.3 Å². The van der Waals surface area contributed by atoms with E-state index in [1.807, 2.05) is 6.07 Å². The van der Waals surface area contributed by atoms with Crippen LogP contribution in [0.15, 0.2) is 41.9 Å². The molecule has 0 aliphatic heterocycles. The van der Waals surface area contributed by atoms with E-state index in [4.69, 9.17) is 4.74 Å². The SMILES string of the molecule is CCCCCOc1ccc(Nc2nc(-c3ccc(F)cc3F)cs2)cn1. The molecule has 0 amide bonds. The van der Waals surface area contributed by atoms with Crippen LogP contribution in [0.2, 0.25) is 0 Å². The third-order valence-corrected chi connectivity index (χ3v) is 4.45. The number of hydrogen-bond acceptors (Lipinski definition) is 5. The molecule has 136 valence electrons. The lowest BCUT2D eigenvalue weighted by atomic mass is 10.1. The summed E-state index contributed by atoms with van der Waals surface area (Å²) >= 11 is 1.33. The summed E-state index contributed by atoms with van der Waals surface area (Å²) in [6.45, 7) is 2.81. The first-order valence-corrected chi connectivity index (χ1v) is 9.30. The van der Waals surface area contributed by atoms with Gasteiger partial charge < -0.3 is 10.1 Å². The van der Waals surface area contributed by atoms with Crippen LogP contribution < -0.4 is 10.1 Å². The molecule has 26 heavy (non-hydrogen) atoms. The maximum absolute atomic E-state index is 13.8. The lowest BCUT2D eigenvalue weighted by molar-refractivity contribution is 0.295. The second-order valence-corrected chi connectivity index (χ2v) is 6.59. The zero-order valence-corrected chi connectivity index (χ0v) is 15.2. The van der Waals surface area contributed by atoms with Gasteiger partial charge in [-0.1, -0.05) is 19.8 Å². The van der Waals surface area contributed by atoms with Crippen molar-refractivity contribution in [3.63, 3.8) is 0 Å². The monoisotopic (exact) mass is 375 g/mol. The zero-order valence-electron chi connectivity index (χ0n) is 14.3. The van der Waals surface area contributed by atoms with E-state index >= 15 is 0 Å². The van der Waals surface area contributed by atoms with Crippen molar-refractivity contribution in [2.24, 2.45) is 0 Å². The number of pyridine rings is 1. The highest BCUT2D eigenvalue weighted by atomic mass is 32.1. The van der Waals surface area contributed by atoms with Gasteiger partial charge in [0.25, 0.3) is 0 Å². The number of nitrogens with zero attached hydrogens (tertiary/aromatic N) is 2. The van der Waals surface area contributed by atoms with Gasteiger partial charge in [0.15, 0.2) is 5.13 Å². The van der Waals surface area contributed by atoms with Crippen LogP contribution >= 0.6 is 11.3 Å². The molecule has 2 aromatic heterocycles. The number of nitrogens with one attached hydrogen (secondary N) is 1. The summed E-state index contributed by atoms with van der Waals surface area (Å²) in [5.41, 5.74) is 1.48. The number of thiazole rings is 1. The summed E-state index contributed by atoms with van der Waals surface area (Å²) in [5.74, 6) is -0.657. The standard InChI is InChI=1S/C19H19F2N3OS/c1-2-3-4-9-25-18-8-6-14(11-22-18)23-19-24-17(12-26-19)15-7-5-13(20)10-16(15)21/h5-8,10-12H,2-4,9H2,1H3,(H,23,24). The molecular weight excluding hydrogens is 356 g/mol. The predicted octanol–water partition coefficient (Wildman–Crippen LogP) is 5.80. The fourth-order valence-corrected chi connectivity index (χ4v) is 3.07. The second kappa shape index (κ2) is 8.71. The van der Waals surface area contributed by atoms with Crippen LogP contribution in [0.5, 0.6) is 5.88 Å². The zero-order chi connectivity index (χ0) is 18.4. The van der Waals surface area contributed by atoms with E-state index in [1.54, 1.807) is 17.6 Å². The fraction of sp³-hybridized carbons (Fsp3) is 0.263. The molecule has 3 aromatic rings. The smallest absolute Gasteiger partial charge is 0.213 e. The fourth-order valence-electron chi connectivity index (χ4n) is 2.34. The van der Waals surface area contributed by atoms with Crippen LogP contribution in [0, 0.1) is 11.6 Å². The topological polar surface area (TPSA) is 47.0 Å². The Labute approximate surface area is 154 Å². The summed E-state index contributed by atoms with van der Waals surface area (Å²) in [4.78, 5) is 8.60. The molecule has 0 spiro atoms. The molecular formula is C19H19F2N3OS. The Balaban J connectivity index is 1.62. The molecule has 1 N–H and O–H groups in total. The third kappa shape index (κ3) is 4.76. The van der Waals surface area contributed by atoms with E-state index < -0.39 is 11.6 Å². The Morgan fingerprint density at radius 2 is 2.04 bits per heavy atom. The van der Waals surface area contributed by atoms with E-state index in [9.17, 15) is 8.78 Å². The minimum atomic E-state index is -0.631. The van der Waals surface area contributed by atoms with Gasteiger partial charge in [0, 0.05) is 23.1 Å². The van der Waals surface area contributed by atoms with Gasteiger partial charge in [-0.3, -0.25) is 0 Å². The highest BCUT2D eigenvalue weighted by Crippen LogP contribution is 2.29. The van der Waals surface area contributed by atoms with Crippen LogP contribution in [-0.2, 0) is 0 Å². The maximum Gasteiger partial charge on any atom is 0.213 e. The Morgan fingerprint density at radius 1 is 1.15 bits per heavy atom. The van der Waals surface area contributed by atoms with Gasteiger partial charge in [0.1, 0.15) is 11.6 Å². The molecule has 0 bridgehead atoms. The van der Waals surface area contributed by atoms with E-state index in [-0.39, 0.29) is 5.56 Å². The van der Waals surface area contributed by atoms with Gasteiger partial charge in [0.05, 0.1) is 24.2 Å². The number of anilines is 2. The molecule has 0 saturated carbocycles. The van der Waals surface area contributed by atoms with Gasteiger partial charge in [-0.25, -0.2) is 18.7 Å². The van der Waals surface area contributed by atoms with Gasteiger partial charge in [-0.05, 0) is 24.6 Å². The van der Waals surface area contributed by atoms with Crippen molar-refractivity contribution >= 4 is 22.2 Å². The first-order chi connectivity index (χ1) is 12.7. The number of hydrogen-bond donors (Lipinski definition) is 1. The summed E-state index contributed by atoms with van der Waals surface area (Å²) in [7, 11) is 0. The van der Waals surface area contributed by atoms with Gasteiger partial charge in [0.2, 0.25) is 5.88 Å². The minimum absolute atomic E-state index is 0.268. The maximum atomic E-state index is 13.8. The summed E-state index contributed by atoms with van der Waals surface area (Å²) in [6, 6.07) is 7.10. The third-order valence-electron chi connectivity index (χ3n) is 3.70. The van der Waals surface area contributed by atoms with E-state index in [1.165, 1.54) is 23.5 Å². The van der Waals surface area contributed by atoms with Crippen LogP contribution in [0.3, 0.4) is 0 Å². The molecule has 1 aromatic carbocycles. The summed E-state index contributed by atoms with van der Waals surface area (Å²) < 4.78 is 32.4. The Hall–Kier alpha value is -2.54. The van der Waals surface area contributed by atoms with Gasteiger partial charge in [-0.2, -0.15) is 0 Å². The Bertz CT molecular complexity index is 852. The van der Waals surface area contributed by atoms with Crippen LogP contribution in [0.1, 0.15) is 26.2 Å². The van der Waals surface area contributed by atoms with Crippen LogP contribution in [-0.4, -0.2) is 16.6 Å². The van der Waals surface area contributed by atoms with E-state index in [0.29, 0.717) is 23.3 Å². The lowest BCUT2D eigenvalue weighted by Gasteiger charge is -2.06. The molecule has 0 saturated heterocycles. The van der Waals surface area contributed by atoms with E-state index in [2.05, 4.69) is 22.2 Å². The normalized spacial score (nSPS) is 10.7. The van der Waals surface area contributed by atoms with Gasteiger partial charge >= 0.3 is 0 Å². The Kier molecular flexibility index (Phi) is 6.12. The highest BCUT2D eigenvalue weighted by molar-refractivity contribution is 7.14. The molecule has 0 unspecified atom stereocenters. The number of rotatable bonds is 8. The minimum Gasteiger partial charge on any atom is -0.478 e. The van der Waals surface area contributed by atoms with Crippen molar-refractivity contribution in [1.29, 1.82) is 0 Å². The average molecular weight is 375 g/mol.